The Morgan fingerprint density at radius 2 is 1.63 bits per heavy atom. The van der Waals surface area contributed by atoms with Gasteiger partial charge in [0.25, 0.3) is 0 Å². The summed E-state index contributed by atoms with van der Waals surface area (Å²) >= 11 is 25.2. The monoisotopic (exact) mass is 589 g/mol. The molecule has 38 heavy (non-hydrogen) atoms. The van der Waals surface area contributed by atoms with Crippen molar-refractivity contribution in [3.8, 4) is 5.75 Å². The highest BCUT2D eigenvalue weighted by molar-refractivity contribution is 6.38. The lowest BCUT2D eigenvalue weighted by molar-refractivity contribution is -0.130. The van der Waals surface area contributed by atoms with Crippen molar-refractivity contribution in [1.82, 2.24) is 5.32 Å². The number of carbonyl (C=O) groups excluding carboxylic acids is 3. The lowest BCUT2D eigenvalue weighted by Gasteiger charge is -2.29. The van der Waals surface area contributed by atoms with Gasteiger partial charge in [-0.3, -0.25) is 19.7 Å². The molecule has 0 radical (unpaired) electrons. The summed E-state index contributed by atoms with van der Waals surface area (Å²) in [5, 5.41) is 7.27. The van der Waals surface area contributed by atoms with Gasteiger partial charge in [0.2, 0.25) is 17.7 Å². The summed E-state index contributed by atoms with van der Waals surface area (Å²) < 4.78 is 5.36. The summed E-state index contributed by atoms with van der Waals surface area (Å²) in [5.74, 6) is -2.77. The molecular formula is C27H19Cl4N3O4. The highest BCUT2D eigenvalue weighted by Gasteiger charge is 2.70. The predicted octanol–water partition coefficient (Wildman–Crippen LogP) is 5.48. The van der Waals surface area contributed by atoms with Crippen molar-refractivity contribution >= 4 is 75.5 Å². The molecule has 0 aliphatic carbocycles. The van der Waals surface area contributed by atoms with Crippen molar-refractivity contribution in [1.29, 1.82) is 0 Å². The Hall–Kier alpha value is -2.81. The van der Waals surface area contributed by atoms with E-state index in [-0.39, 0.29) is 20.8 Å². The second kappa shape index (κ2) is 9.14. The van der Waals surface area contributed by atoms with Gasteiger partial charge in [0.05, 0.1) is 35.3 Å². The van der Waals surface area contributed by atoms with Gasteiger partial charge in [-0.05, 0) is 54.4 Å². The number of halogens is 4. The fraction of sp³-hybridized carbons (Fsp3) is 0.222. The number of benzene rings is 3. The molecule has 2 saturated heterocycles. The molecular weight excluding hydrogens is 572 g/mol. The Kier molecular flexibility index (Phi) is 6.13. The summed E-state index contributed by atoms with van der Waals surface area (Å²) in [4.78, 5) is 42.9. The predicted molar refractivity (Wildman–Crippen MR) is 146 cm³/mol. The minimum Gasteiger partial charge on any atom is -0.497 e. The van der Waals surface area contributed by atoms with E-state index in [1.165, 1.54) is 24.3 Å². The summed E-state index contributed by atoms with van der Waals surface area (Å²) in [7, 11) is 1.57. The fourth-order valence-corrected chi connectivity index (χ4v) is 7.03. The van der Waals surface area contributed by atoms with E-state index >= 15 is 0 Å². The van der Waals surface area contributed by atoms with Crippen LogP contribution in [0.5, 0.6) is 5.75 Å². The number of methoxy groups -OCH3 is 1. The highest BCUT2D eigenvalue weighted by Crippen LogP contribution is 2.55. The van der Waals surface area contributed by atoms with Crippen molar-refractivity contribution in [3.63, 3.8) is 0 Å². The minimum atomic E-state index is -1.57. The van der Waals surface area contributed by atoms with Gasteiger partial charge in [0, 0.05) is 26.7 Å². The van der Waals surface area contributed by atoms with Crippen LogP contribution in [0.2, 0.25) is 20.1 Å². The van der Waals surface area contributed by atoms with Gasteiger partial charge < -0.3 is 10.1 Å². The van der Waals surface area contributed by atoms with Crippen LogP contribution in [0.1, 0.15) is 11.1 Å². The van der Waals surface area contributed by atoms with E-state index in [9.17, 15) is 14.4 Å². The standard InChI is InChI=1S/C27H19Cl4N3O4/c1-38-17-4-2-3-12(5-17)6-20-21-22(25(36)34(24(21)35)16-8-13(28)7-14(29)9-16)27(33-20)18-10-15(30)11-19(31)23(18)32-26(27)37/h2-5,7-11,20-22,33H,6H2,1H3,(H,32,37). The number of carbonyl (C=O) groups is 3. The number of amides is 3. The van der Waals surface area contributed by atoms with Crippen molar-refractivity contribution in [2.45, 2.75) is 18.0 Å². The average molecular weight is 591 g/mol. The van der Waals surface area contributed by atoms with Crippen LogP contribution in [0.25, 0.3) is 0 Å². The molecule has 3 aliphatic rings. The number of anilines is 2. The molecule has 11 heteroatoms. The molecule has 0 aromatic heterocycles. The molecule has 1 spiro atoms. The van der Waals surface area contributed by atoms with E-state index in [4.69, 9.17) is 51.1 Å². The Morgan fingerprint density at radius 3 is 2.34 bits per heavy atom. The van der Waals surface area contributed by atoms with E-state index in [0.29, 0.717) is 28.4 Å². The molecule has 7 nitrogen and oxygen atoms in total. The Morgan fingerprint density at radius 1 is 0.921 bits per heavy atom. The van der Waals surface area contributed by atoms with Gasteiger partial charge in [0.1, 0.15) is 11.3 Å². The molecule has 0 saturated carbocycles. The van der Waals surface area contributed by atoms with E-state index in [2.05, 4.69) is 10.6 Å². The van der Waals surface area contributed by atoms with Crippen molar-refractivity contribution < 1.29 is 19.1 Å². The Labute approximate surface area is 237 Å². The molecule has 3 aliphatic heterocycles. The number of nitrogens with one attached hydrogen (secondary N) is 2. The second-order valence-corrected chi connectivity index (χ2v) is 11.2. The first kappa shape index (κ1) is 25.5. The summed E-state index contributed by atoms with van der Waals surface area (Å²) in [5.41, 5.74) is 0.325. The van der Waals surface area contributed by atoms with Crippen LogP contribution in [-0.4, -0.2) is 30.9 Å². The second-order valence-electron chi connectivity index (χ2n) is 9.52. The van der Waals surface area contributed by atoms with Gasteiger partial charge in [-0.15, -0.1) is 0 Å². The van der Waals surface area contributed by atoms with Crippen LogP contribution in [0.3, 0.4) is 0 Å². The number of nitrogens with zero attached hydrogens (tertiary/aromatic N) is 1. The molecule has 4 unspecified atom stereocenters. The molecule has 3 aromatic rings. The van der Waals surface area contributed by atoms with Crippen molar-refractivity contribution in [2.24, 2.45) is 11.8 Å². The van der Waals surface area contributed by atoms with Crippen LogP contribution in [0.4, 0.5) is 11.4 Å². The lowest BCUT2D eigenvalue weighted by atomic mass is 9.76. The molecule has 3 heterocycles. The van der Waals surface area contributed by atoms with Crippen LogP contribution >= 0.6 is 46.4 Å². The maximum absolute atomic E-state index is 14.1. The Bertz CT molecular complexity index is 1530. The molecule has 3 aromatic carbocycles. The van der Waals surface area contributed by atoms with Gasteiger partial charge in [0.15, 0.2) is 0 Å². The molecule has 194 valence electrons. The third-order valence-corrected chi connectivity index (χ3v) is 8.39. The molecule has 2 N–H and O–H groups in total. The van der Waals surface area contributed by atoms with Crippen LogP contribution in [-0.2, 0) is 26.3 Å². The van der Waals surface area contributed by atoms with Crippen LogP contribution < -0.4 is 20.3 Å². The van der Waals surface area contributed by atoms with Gasteiger partial charge in [-0.1, -0.05) is 58.5 Å². The smallest absolute Gasteiger partial charge is 0.250 e. The molecule has 2 fully saturated rings. The number of rotatable bonds is 4. The van der Waals surface area contributed by atoms with E-state index < -0.39 is 41.1 Å². The SMILES string of the molecule is COc1cccc(CC2NC3(C(=O)Nc4c(Cl)cc(Cl)cc43)C3C(=O)N(c4cc(Cl)cc(Cl)c4)C(=O)C23)c1. The quantitative estimate of drug-likeness (QED) is 0.393. The van der Waals surface area contributed by atoms with Crippen molar-refractivity contribution in [3.05, 3.63) is 85.8 Å². The van der Waals surface area contributed by atoms with E-state index in [1.807, 2.05) is 24.3 Å². The topological polar surface area (TPSA) is 87.7 Å². The first-order valence-corrected chi connectivity index (χ1v) is 13.2. The largest absolute Gasteiger partial charge is 0.497 e. The molecule has 3 amide bonds. The summed E-state index contributed by atoms with van der Waals surface area (Å²) in [6.45, 7) is 0. The number of ether oxygens (including phenoxy) is 1. The molecule has 0 bridgehead atoms. The third kappa shape index (κ3) is 3.72. The van der Waals surface area contributed by atoms with Crippen LogP contribution in [0, 0.1) is 11.8 Å². The molecule has 4 atom stereocenters. The van der Waals surface area contributed by atoms with Gasteiger partial charge >= 0.3 is 0 Å². The van der Waals surface area contributed by atoms with Crippen molar-refractivity contribution in [2.75, 3.05) is 17.3 Å². The molecule has 6 rings (SSSR count). The number of imide groups is 1. The first-order valence-electron chi connectivity index (χ1n) is 11.7. The summed E-state index contributed by atoms with van der Waals surface area (Å²) in [6, 6.07) is 14.5. The number of hydrogen-bond donors (Lipinski definition) is 2. The van der Waals surface area contributed by atoms with E-state index in [1.54, 1.807) is 13.2 Å². The normalized spacial score (nSPS) is 25.7. The highest BCUT2D eigenvalue weighted by atomic mass is 35.5. The average Bonchev–Trinajstić information content (AvgIpc) is 3.43. The lowest BCUT2D eigenvalue weighted by Crippen LogP contribution is -2.53. The minimum absolute atomic E-state index is 0.238. The first-order chi connectivity index (χ1) is 18.1. The van der Waals surface area contributed by atoms with E-state index in [0.717, 1.165) is 10.5 Å². The zero-order valence-corrected chi connectivity index (χ0v) is 22.8. The fourth-order valence-electron chi connectivity index (χ4n) is 5.98. The number of hydrogen-bond acceptors (Lipinski definition) is 5. The zero-order chi connectivity index (χ0) is 26.9. The number of fused-ring (bicyclic) bond motifs is 4. The van der Waals surface area contributed by atoms with Gasteiger partial charge in [-0.2, -0.15) is 0 Å². The van der Waals surface area contributed by atoms with Gasteiger partial charge in [-0.25, -0.2) is 4.90 Å². The maximum atomic E-state index is 14.1. The Balaban J connectivity index is 1.52. The zero-order valence-electron chi connectivity index (χ0n) is 19.7. The third-order valence-electron chi connectivity index (χ3n) is 7.44. The summed E-state index contributed by atoms with van der Waals surface area (Å²) in [6.07, 6.45) is 0.347. The maximum Gasteiger partial charge on any atom is 0.250 e. The van der Waals surface area contributed by atoms with Crippen LogP contribution in [0.15, 0.2) is 54.6 Å².